The van der Waals surface area contributed by atoms with Gasteiger partial charge in [-0.2, -0.15) is 0 Å². The number of aliphatic hydroxyl groups excluding tert-OH is 1. The zero-order valence-corrected chi connectivity index (χ0v) is 8.81. The zero-order valence-electron chi connectivity index (χ0n) is 6.47. The number of alkyl halides is 2. The maximum atomic E-state index is 9.57. The van der Waals surface area contributed by atoms with Crippen molar-refractivity contribution in [3.05, 3.63) is 0 Å². The van der Waals surface area contributed by atoms with Gasteiger partial charge in [0.2, 0.25) is 0 Å². The molecule has 1 rings (SSSR count). The van der Waals surface area contributed by atoms with Crippen LogP contribution in [0, 0.1) is 5.92 Å². The molecule has 1 nitrogen and oxygen atoms in total. The summed E-state index contributed by atoms with van der Waals surface area (Å²) in [6.07, 6.45) is 5.72. The van der Waals surface area contributed by atoms with Crippen molar-refractivity contribution in [1.29, 1.82) is 0 Å². The summed E-state index contributed by atoms with van der Waals surface area (Å²) in [5, 5.41) is 9.57. The van der Waals surface area contributed by atoms with Crippen LogP contribution in [0.5, 0.6) is 0 Å². The number of hydrogen-bond acceptors (Lipinski definition) is 1. The summed E-state index contributed by atoms with van der Waals surface area (Å²) in [5.41, 5.74) is 0. The van der Waals surface area contributed by atoms with Crippen LogP contribution in [0.3, 0.4) is 0 Å². The number of halogens is 2. The van der Waals surface area contributed by atoms with Gasteiger partial charge in [-0.05, 0) is 18.8 Å². The van der Waals surface area contributed by atoms with Crippen LogP contribution in [0.2, 0.25) is 0 Å². The Kier molecular flexibility index (Phi) is 4.18. The molecule has 3 heteroatoms. The smallest absolute Gasteiger partial charge is 0.115 e. The highest BCUT2D eigenvalue weighted by atomic mass is 79.9. The fraction of sp³-hybridized carbons (Fsp3) is 1.00. The van der Waals surface area contributed by atoms with Gasteiger partial charge in [-0.3, -0.25) is 0 Å². The van der Waals surface area contributed by atoms with Gasteiger partial charge >= 0.3 is 0 Å². The molecule has 2 unspecified atom stereocenters. The lowest BCUT2D eigenvalue weighted by Gasteiger charge is -2.27. The molecule has 1 fully saturated rings. The lowest BCUT2D eigenvalue weighted by Crippen LogP contribution is -2.28. The van der Waals surface area contributed by atoms with Gasteiger partial charge in [0.15, 0.2) is 0 Å². The van der Waals surface area contributed by atoms with E-state index in [1.807, 2.05) is 0 Å². The molecular formula is C8H14BrClO. The maximum Gasteiger partial charge on any atom is 0.115 e. The van der Waals surface area contributed by atoms with Gasteiger partial charge in [-0.15, -0.1) is 11.6 Å². The minimum Gasteiger partial charge on any atom is -0.390 e. The molecule has 2 atom stereocenters. The van der Waals surface area contributed by atoms with Gasteiger partial charge in [0.1, 0.15) is 4.29 Å². The first-order chi connectivity index (χ1) is 5.22. The van der Waals surface area contributed by atoms with Crippen LogP contribution in [0.25, 0.3) is 0 Å². The summed E-state index contributed by atoms with van der Waals surface area (Å²) in [4.78, 5) is 0. The zero-order chi connectivity index (χ0) is 8.27. The normalized spacial score (nSPS) is 26.5. The molecule has 0 aromatic carbocycles. The molecule has 0 saturated heterocycles. The largest absolute Gasteiger partial charge is 0.390 e. The van der Waals surface area contributed by atoms with Crippen molar-refractivity contribution < 1.29 is 5.11 Å². The van der Waals surface area contributed by atoms with E-state index in [-0.39, 0.29) is 10.4 Å². The molecule has 0 radical (unpaired) electrons. The Morgan fingerprint density at radius 1 is 1.27 bits per heavy atom. The van der Waals surface area contributed by atoms with E-state index < -0.39 is 0 Å². The lowest BCUT2D eigenvalue weighted by atomic mass is 9.86. The van der Waals surface area contributed by atoms with Crippen molar-refractivity contribution in [2.75, 3.05) is 0 Å². The third-order valence-corrected chi connectivity index (χ3v) is 3.19. The highest BCUT2D eigenvalue weighted by Gasteiger charge is 2.25. The Balaban J connectivity index is 2.32. The molecule has 1 N–H and O–H groups in total. The number of aliphatic hydroxyl groups is 1. The molecule has 0 amide bonds. The summed E-state index contributed by atoms with van der Waals surface area (Å²) in [6, 6.07) is 0. The summed E-state index contributed by atoms with van der Waals surface area (Å²) < 4.78 is -0.273. The van der Waals surface area contributed by atoms with Crippen LogP contribution in [-0.4, -0.2) is 15.5 Å². The van der Waals surface area contributed by atoms with Crippen LogP contribution >= 0.6 is 27.5 Å². The Morgan fingerprint density at radius 3 is 2.27 bits per heavy atom. The second-order valence-corrected chi connectivity index (χ2v) is 5.21. The summed E-state index contributed by atoms with van der Waals surface area (Å²) in [7, 11) is 0. The molecule has 1 saturated carbocycles. The molecule has 1 aliphatic rings. The van der Waals surface area contributed by atoms with Gasteiger partial charge in [-0.1, -0.05) is 35.2 Å². The monoisotopic (exact) mass is 240 g/mol. The lowest BCUT2D eigenvalue weighted by molar-refractivity contribution is 0.0987. The van der Waals surface area contributed by atoms with E-state index in [1.54, 1.807) is 0 Å². The molecule has 0 spiro atoms. The Morgan fingerprint density at radius 2 is 1.82 bits per heavy atom. The topological polar surface area (TPSA) is 20.2 Å². The first kappa shape index (κ1) is 9.82. The van der Waals surface area contributed by atoms with Gasteiger partial charge < -0.3 is 5.11 Å². The average Bonchev–Trinajstić information content (AvgIpc) is 2.05. The SMILES string of the molecule is OC(C(Cl)Br)C1CCCCC1. The van der Waals surface area contributed by atoms with E-state index in [1.165, 1.54) is 19.3 Å². The van der Waals surface area contributed by atoms with Gasteiger partial charge in [-0.25, -0.2) is 0 Å². The van der Waals surface area contributed by atoms with Gasteiger partial charge in [0, 0.05) is 0 Å². The third-order valence-electron chi connectivity index (χ3n) is 2.39. The minimum atomic E-state index is -0.364. The fourth-order valence-electron chi connectivity index (χ4n) is 1.68. The summed E-state index contributed by atoms with van der Waals surface area (Å²) >= 11 is 8.92. The van der Waals surface area contributed by atoms with E-state index in [4.69, 9.17) is 11.6 Å². The Bertz CT molecular complexity index is 113. The van der Waals surface area contributed by atoms with E-state index >= 15 is 0 Å². The Hall–Kier alpha value is 0.730. The second-order valence-electron chi connectivity index (χ2n) is 3.22. The predicted molar refractivity (Wildman–Crippen MR) is 51.1 cm³/mol. The first-order valence-electron chi connectivity index (χ1n) is 4.18. The van der Waals surface area contributed by atoms with Gasteiger partial charge in [0.05, 0.1) is 6.10 Å². The molecule has 0 aromatic rings. The molecular weight excluding hydrogens is 227 g/mol. The number of rotatable bonds is 2. The fourth-order valence-corrected chi connectivity index (χ4v) is 2.32. The summed E-state index contributed by atoms with van der Waals surface area (Å²) in [5.74, 6) is 0.422. The molecule has 0 aromatic heterocycles. The van der Waals surface area contributed by atoms with Crippen LogP contribution in [0.1, 0.15) is 32.1 Å². The van der Waals surface area contributed by atoms with Crippen LogP contribution in [0.15, 0.2) is 0 Å². The van der Waals surface area contributed by atoms with Crippen molar-refractivity contribution in [2.24, 2.45) is 5.92 Å². The molecule has 0 aliphatic heterocycles. The quantitative estimate of drug-likeness (QED) is 0.737. The minimum absolute atomic E-state index is 0.273. The van der Waals surface area contributed by atoms with E-state index in [2.05, 4.69) is 15.9 Å². The highest BCUT2D eigenvalue weighted by molar-refractivity contribution is 9.10. The van der Waals surface area contributed by atoms with E-state index in [0.717, 1.165) is 12.8 Å². The molecule has 0 heterocycles. The highest BCUT2D eigenvalue weighted by Crippen LogP contribution is 2.30. The third kappa shape index (κ3) is 2.92. The van der Waals surface area contributed by atoms with Crippen LogP contribution in [0.4, 0.5) is 0 Å². The van der Waals surface area contributed by atoms with Crippen molar-refractivity contribution >= 4 is 27.5 Å². The molecule has 66 valence electrons. The van der Waals surface area contributed by atoms with Crippen molar-refractivity contribution in [1.82, 2.24) is 0 Å². The van der Waals surface area contributed by atoms with Crippen LogP contribution < -0.4 is 0 Å². The second kappa shape index (κ2) is 4.68. The van der Waals surface area contributed by atoms with Crippen molar-refractivity contribution in [3.8, 4) is 0 Å². The van der Waals surface area contributed by atoms with Crippen LogP contribution in [-0.2, 0) is 0 Å². The standard InChI is InChI=1S/C8H14BrClO/c9-8(10)7(11)6-4-2-1-3-5-6/h6-8,11H,1-5H2. The average molecular weight is 242 g/mol. The van der Waals surface area contributed by atoms with E-state index in [9.17, 15) is 5.11 Å². The molecule has 0 bridgehead atoms. The molecule has 1 aliphatic carbocycles. The maximum absolute atomic E-state index is 9.57. The Labute approximate surface area is 81.3 Å². The molecule has 11 heavy (non-hydrogen) atoms. The van der Waals surface area contributed by atoms with Gasteiger partial charge in [0.25, 0.3) is 0 Å². The van der Waals surface area contributed by atoms with E-state index in [0.29, 0.717) is 5.92 Å². The summed E-state index contributed by atoms with van der Waals surface area (Å²) in [6.45, 7) is 0. The van der Waals surface area contributed by atoms with Crippen molar-refractivity contribution in [3.63, 3.8) is 0 Å². The van der Waals surface area contributed by atoms with Crippen molar-refractivity contribution in [2.45, 2.75) is 42.5 Å². The first-order valence-corrected chi connectivity index (χ1v) is 5.53. The predicted octanol–water partition coefficient (Wildman–Crippen LogP) is 2.89. The number of hydrogen-bond donors (Lipinski definition) is 1.